The van der Waals surface area contributed by atoms with Crippen molar-refractivity contribution in [2.24, 2.45) is 11.7 Å². The normalized spacial score (nSPS) is 12.6. The van der Waals surface area contributed by atoms with Crippen LogP contribution in [0, 0.1) is 5.92 Å². The summed E-state index contributed by atoms with van der Waals surface area (Å²) in [5.74, 6) is 0.525. The molecule has 1 atom stereocenters. The van der Waals surface area contributed by atoms with Crippen LogP contribution in [0.1, 0.15) is 26.7 Å². The van der Waals surface area contributed by atoms with Gasteiger partial charge < -0.3 is 11.1 Å². The molecule has 3 nitrogen and oxygen atoms in total. The average Bonchev–Trinajstić information content (AvgIpc) is 2.04. The van der Waals surface area contributed by atoms with Gasteiger partial charge in [0.05, 0.1) is 6.04 Å². The fourth-order valence-corrected chi connectivity index (χ4v) is 0.902. The Labute approximate surface area is 80.4 Å². The average molecular weight is 184 g/mol. The van der Waals surface area contributed by atoms with E-state index in [2.05, 4.69) is 25.7 Å². The van der Waals surface area contributed by atoms with Gasteiger partial charge >= 0.3 is 0 Å². The van der Waals surface area contributed by atoms with E-state index in [1.54, 1.807) is 6.08 Å². The lowest BCUT2D eigenvalue weighted by Crippen LogP contribution is -2.40. The van der Waals surface area contributed by atoms with E-state index in [9.17, 15) is 4.79 Å². The van der Waals surface area contributed by atoms with Gasteiger partial charge in [0.15, 0.2) is 0 Å². The van der Waals surface area contributed by atoms with Gasteiger partial charge in [-0.1, -0.05) is 19.9 Å². The van der Waals surface area contributed by atoms with Crippen molar-refractivity contribution < 1.29 is 4.79 Å². The Morgan fingerprint density at radius 1 is 1.62 bits per heavy atom. The highest BCUT2D eigenvalue weighted by Crippen LogP contribution is 1.96. The molecule has 0 aromatic heterocycles. The summed E-state index contributed by atoms with van der Waals surface area (Å²) in [6.45, 7) is 8.48. The third-order valence-electron chi connectivity index (χ3n) is 1.78. The largest absolute Gasteiger partial charge is 0.355 e. The van der Waals surface area contributed by atoms with E-state index in [1.165, 1.54) is 0 Å². The molecule has 3 N–H and O–H groups in total. The molecule has 3 heteroatoms. The number of carbonyl (C=O) groups excluding carboxylic acids is 1. The van der Waals surface area contributed by atoms with Crippen LogP contribution in [-0.2, 0) is 4.79 Å². The number of amides is 1. The van der Waals surface area contributed by atoms with Crippen LogP contribution in [0.5, 0.6) is 0 Å². The molecule has 0 spiro atoms. The SMILES string of the molecule is C=CCC(N)C(=O)NCCC(C)C. The fraction of sp³-hybridized carbons (Fsp3) is 0.700. The zero-order chi connectivity index (χ0) is 10.3. The number of hydrogen-bond acceptors (Lipinski definition) is 2. The predicted molar refractivity (Wildman–Crippen MR) is 55.3 cm³/mol. The Hall–Kier alpha value is -0.830. The van der Waals surface area contributed by atoms with E-state index in [-0.39, 0.29) is 5.91 Å². The van der Waals surface area contributed by atoms with Crippen LogP contribution >= 0.6 is 0 Å². The van der Waals surface area contributed by atoms with Crippen LogP contribution in [0.3, 0.4) is 0 Å². The summed E-state index contributed by atoms with van der Waals surface area (Å²) in [6.07, 6.45) is 3.19. The first-order chi connectivity index (χ1) is 6.07. The van der Waals surface area contributed by atoms with Crippen LogP contribution in [0.25, 0.3) is 0 Å². The molecule has 0 aliphatic carbocycles. The molecule has 0 saturated heterocycles. The summed E-state index contributed by atoms with van der Waals surface area (Å²) in [7, 11) is 0. The lowest BCUT2D eigenvalue weighted by atomic mass is 10.1. The molecule has 76 valence electrons. The molecular formula is C10H20N2O. The number of rotatable bonds is 6. The number of carbonyl (C=O) groups is 1. The summed E-state index contributed by atoms with van der Waals surface area (Å²) in [4.78, 5) is 11.2. The Kier molecular flexibility index (Phi) is 6.24. The summed E-state index contributed by atoms with van der Waals surface area (Å²) in [6, 6.07) is -0.440. The molecule has 0 fully saturated rings. The molecule has 0 saturated carbocycles. The quantitative estimate of drug-likeness (QED) is 0.606. The van der Waals surface area contributed by atoms with Gasteiger partial charge in [0.1, 0.15) is 0 Å². The molecule has 0 aliphatic rings. The highest BCUT2D eigenvalue weighted by atomic mass is 16.2. The summed E-state index contributed by atoms with van der Waals surface area (Å²) >= 11 is 0. The zero-order valence-corrected chi connectivity index (χ0v) is 8.55. The van der Waals surface area contributed by atoms with E-state index in [4.69, 9.17) is 5.73 Å². The van der Waals surface area contributed by atoms with E-state index in [1.807, 2.05) is 0 Å². The summed E-state index contributed by atoms with van der Waals surface area (Å²) in [5, 5.41) is 2.79. The monoisotopic (exact) mass is 184 g/mol. The van der Waals surface area contributed by atoms with Crippen molar-refractivity contribution in [1.29, 1.82) is 0 Å². The molecule has 1 amide bonds. The minimum atomic E-state index is -0.440. The Bertz CT molecular complexity index is 166. The van der Waals surface area contributed by atoms with Gasteiger partial charge in [-0.2, -0.15) is 0 Å². The Balaban J connectivity index is 3.55. The molecule has 13 heavy (non-hydrogen) atoms. The van der Waals surface area contributed by atoms with Crippen molar-refractivity contribution in [3.8, 4) is 0 Å². The summed E-state index contributed by atoms with van der Waals surface area (Å²) in [5.41, 5.74) is 5.56. The first-order valence-electron chi connectivity index (χ1n) is 4.72. The maximum Gasteiger partial charge on any atom is 0.237 e. The lowest BCUT2D eigenvalue weighted by Gasteiger charge is -2.10. The molecule has 0 bridgehead atoms. The first-order valence-corrected chi connectivity index (χ1v) is 4.72. The second-order valence-corrected chi connectivity index (χ2v) is 3.60. The van der Waals surface area contributed by atoms with Crippen molar-refractivity contribution in [3.63, 3.8) is 0 Å². The fourth-order valence-electron chi connectivity index (χ4n) is 0.902. The molecule has 0 heterocycles. The standard InChI is InChI=1S/C10H20N2O/c1-4-5-9(11)10(13)12-7-6-8(2)3/h4,8-9H,1,5-7,11H2,2-3H3,(H,12,13). The van der Waals surface area contributed by atoms with Crippen molar-refractivity contribution >= 4 is 5.91 Å². The number of hydrogen-bond donors (Lipinski definition) is 2. The molecule has 0 aliphatic heterocycles. The third-order valence-corrected chi connectivity index (χ3v) is 1.78. The Morgan fingerprint density at radius 2 is 2.23 bits per heavy atom. The van der Waals surface area contributed by atoms with E-state index < -0.39 is 6.04 Å². The van der Waals surface area contributed by atoms with Crippen LogP contribution in [0.15, 0.2) is 12.7 Å². The maximum atomic E-state index is 11.2. The molecule has 0 rings (SSSR count). The molecule has 0 radical (unpaired) electrons. The van der Waals surface area contributed by atoms with Crippen molar-refractivity contribution in [3.05, 3.63) is 12.7 Å². The first kappa shape index (κ1) is 12.2. The molecule has 0 aromatic carbocycles. The van der Waals surface area contributed by atoms with E-state index in [0.717, 1.165) is 6.42 Å². The smallest absolute Gasteiger partial charge is 0.237 e. The molecule has 0 aromatic rings. The van der Waals surface area contributed by atoms with Crippen molar-refractivity contribution in [2.45, 2.75) is 32.7 Å². The number of nitrogens with one attached hydrogen (secondary N) is 1. The van der Waals surface area contributed by atoms with Crippen molar-refractivity contribution in [2.75, 3.05) is 6.54 Å². The zero-order valence-electron chi connectivity index (χ0n) is 8.55. The van der Waals surface area contributed by atoms with Gasteiger partial charge in [-0.3, -0.25) is 4.79 Å². The second-order valence-electron chi connectivity index (χ2n) is 3.60. The Morgan fingerprint density at radius 3 is 2.69 bits per heavy atom. The van der Waals surface area contributed by atoms with E-state index in [0.29, 0.717) is 18.9 Å². The van der Waals surface area contributed by atoms with Crippen LogP contribution in [0.2, 0.25) is 0 Å². The second kappa shape index (κ2) is 6.66. The van der Waals surface area contributed by atoms with Crippen molar-refractivity contribution in [1.82, 2.24) is 5.32 Å². The topological polar surface area (TPSA) is 55.1 Å². The van der Waals surface area contributed by atoms with Gasteiger partial charge in [0, 0.05) is 6.54 Å². The van der Waals surface area contributed by atoms with Crippen LogP contribution in [0.4, 0.5) is 0 Å². The molecule has 1 unspecified atom stereocenters. The number of nitrogens with two attached hydrogens (primary N) is 1. The van der Waals surface area contributed by atoms with Gasteiger partial charge in [-0.05, 0) is 18.8 Å². The van der Waals surface area contributed by atoms with E-state index >= 15 is 0 Å². The lowest BCUT2D eigenvalue weighted by molar-refractivity contribution is -0.122. The highest BCUT2D eigenvalue weighted by Gasteiger charge is 2.10. The van der Waals surface area contributed by atoms with Crippen LogP contribution < -0.4 is 11.1 Å². The van der Waals surface area contributed by atoms with Gasteiger partial charge in [-0.15, -0.1) is 6.58 Å². The minimum Gasteiger partial charge on any atom is -0.355 e. The van der Waals surface area contributed by atoms with Gasteiger partial charge in [0.2, 0.25) is 5.91 Å². The third kappa shape index (κ3) is 6.34. The summed E-state index contributed by atoms with van der Waals surface area (Å²) < 4.78 is 0. The highest BCUT2D eigenvalue weighted by molar-refractivity contribution is 5.81. The van der Waals surface area contributed by atoms with Gasteiger partial charge in [0.25, 0.3) is 0 Å². The van der Waals surface area contributed by atoms with Gasteiger partial charge in [-0.25, -0.2) is 0 Å². The maximum absolute atomic E-state index is 11.2. The van der Waals surface area contributed by atoms with Crippen LogP contribution in [-0.4, -0.2) is 18.5 Å². The molecular weight excluding hydrogens is 164 g/mol. The minimum absolute atomic E-state index is 0.0828. The predicted octanol–water partition coefficient (Wildman–Crippen LogP) is 1.05.